The summed E-state index contributed by atoms with van der Waals surface area (Å²) in [6, 6.07) is 20.4. The van der Waals surface area contributed by atoms with Gasteiger partial charge in [-0.3, -0.25) is 9.59 Å². The molecule has 2 aliphatic rings. The molecule has 0 radical (unpaired) electrons. The Labute approximate surface area is 329 Å². The first-order valence-corrected chi connectivity index (χ1v) is 19.9. The van der Waals surface area contributed by atoms with Crippen molar-refractivity contribution in [2.45, 2.75) is 94.9 Å². The van der Waals surface area contributed by atoms with Crippen LogP contribution in [-0.4, -0.2) is 31.8 Å². The van der Waals surface area contributed by atoms with Gasteiger partial charge in [0.05, 0.1) is 33.8 Å². The number of carbonyl (C=O) groups is 2. The van der Waals surface area contributed by atoms with E-state index < -0.39 is 0 Å². The van der Waals surface area contributed by atoms with Crippen LogP contribution in [0.15, 0.2) is 60.7 Å². The minimum atomic E-state index is -0.136. The molecule has 0 aliphatic carbocycles. The van der Waals surface area contributed by atoms with E-state index in [0.29, 0.717) is 0 Å². The molecule has 0 spiro atoms. The van der Waals surface area contributed by atoms with Gasteiger partial charge >= 0.3 is 0 Å². The zero-order valence-electron chi connectivity index (χ0n) is 34.3. The molecule has 0 saturated heterocycles. The van der Waals surface area contributed by atoms with Gasteiger partial charge in [-0.2, -0.15) is 0 Å². The predicted octanol–water partition coefficient (Wildman–Crippen LogP) is 12.0. The molecule has 0 fully saturated rings. The van der Waals surface area contributed by atoms with Crippen molar-refractivity contribution >= 4 is 67.5 Å². The van der Waals surface area contributed by atoms with Gasteiger partial charge in [-0.05, 0) is 122 Å². The second-order valence-corrected chi connectivity index (χ2v) is 14.8. The van der Waals surface area contributed by atoms with Gasteiger partial charge < -0.3 is 20.6 Å². The quantitative estimate of drug-likeness (QED) is 0.127. The third-order valence-corrected chi connectivity index (χ3v) is 11.5. The number of aromatic nitrogens is 4. The number of hydrogen-bond acceptors (Lipinski definition) is 4. The smallest absolute Gasteiger partial charge is 0.221 e. The average Bonchev–Trinajstić information content (AvgIpc) is 3.85. The normalized spacial score (nSPS) is 12.8. The Morgan fingerprint density at radius 1 is 0.571 bits per heavy atom. The summed E-state index contributed by atoms with van der Waals surface area (Å²) in [7, 11) is 0. The monoisotopic (exact) mass is 744 g/mol. The van der Waals surface area contributed by atoms with Crippen molar-refractivity contribution in [1.29, 1.82) is 0 Å². The van der Waals surface area contributed by atoms with Crippen LogP contribution in [0.2, 0.25) is 0 Å². The number of carbonyl (C=O) groups excluding carboxylic acids is 2. The molecular formula is C48H52N6O2. The highest BCUT2D eigenvalue weighted by atomic mass is 16.2. The van der Waals surface area contributed by atoms with Crippen LogP contribution in [0.25, 0.3) is 66.6 Å². The zero-order chi connectivity index (χ0) is 40.0. The molecule has 5 aromatic rings. The van der Waals surface area contributed by atoms with Gasteiger partial charge in [0.25, 0.3) is 0 Å². The van der Waals surface area contributed by atoms with Gasteiger partial charge in [0.2, 0.25) is 11.8 Å². The Hall–Kier alpha value is -6.02. The summed E-state index contributed by atoms with van der Waals surface area (Å²) in [5, 5.41) is 6.21. The Kier molecular flexibility index (Phi) is 10.4. The highest BCUT2D eigenvalue weighted by Crippen LogP contribution is 2.46. The maximum atomic E-state index is 12.6. The molecule has 4 N–H and O–H groups in total. The number of amides is 2. The van der Waals surface area contributed by atoms with E-state index in [1.165, 1.54) is 22.3 Å². The second-order valence-electron chi connectivity index (χ2n) is 14.8. The summed E-state index contributed by atoms with van der Waals surface area (Å²) in [4.78, 5) is 43.9. The van der Waals surface area contributed by atoms with Crippen LogP contribution in [0, 0.1) is 13.8 Å². The van der Waals surface area contributed by atoms with Crippen LogP contribution in [-0.2, 0) is 22.4 Å². The van der Waals surface area contributed by atoms with Gasteiger partial charge in [-0.25, -0.2) is 9.97 Å². The molecule has 5 heterocycles. The lowest BCUT2D eigenvalue weighted by molar-refractivity contribution is -0.115. The highest BCUT2D eigenvalue weighted by Gasteiger charge is 2.28. The number of aromatic amines is 2. The van der Waals surface area contributed by atoms with Crippen molar-refractivity contribution < 1.29 is 9.59 Å². The molecule has 2 amide bonds. The van der Waals surface area contributed by atoms with E-state index in [-0.39, 0.29) is 11.8 Å². The van der Waals surface area contributed by atoms with Crippen LogP contribution in [0.1, 0.15) is 113 Å². The van der Waals surface area contributed by atoms with E-state index >= 15 is 0 Å². The molecule has 0 unspecified atom stereocenters. The molecule has 0 atom stereocenters. The van der Waals surface area contributed by atoms with Crippen LogP contribution in [0.4, 0.5) is 11.4 Å². The lowest BCUT2D eigenvalue weighted by Gasteiger charge is -2.14. The molecule has 7 rings (SSSR count). The number of para-hydroxylation sites is 2. The van der Waals surface area contributed by atoms with Crippen LogP contribution >= 0.6 is 0 Å². The topological polar surface area (TPSA) is 116 Å². The first kappa shape index (κ1) is 38.3. The van der Waals surface area contributed by atoms with Gasteiger partial charge in [0, 0.05) is 58.5 Å². The number of anilines is 2. The van der Waals surface area contributed by atoms with Gasteiger partial charge in [0.15, 0.2) is 0 Å². The van der Waals surface area contributed by atoms with Crippen molar-refractivity contribution in [3.63, 3.8) is 0 Å². The first-order chi connectivity index (χ1) is 26.9. The number of fused-ring (bicyclic) bond motifs is 8. The molecule has 3 aromatic heterocycles. The Morgan fingerprint density at radius 2 is 0.964 bits per heavy atom. The lowest BCUT2D eigenvalue weighted by Crippen LogP contribution is -2.07. The number of benzene rings is 2. The molecule has 0 saturated carbocycles. The van der Waals surface area contributed by atoms with Crippen LogP contribution < -0.4 is 10.6 Å². The van der Waals surface area contributed by atoms with Crippen molar-refractivity contribution in [3.05, 3.63) is 106 Å². The van der Waals surface area contributed by atoms with Gasteiger partial charge in [0.1, 0.15) is 0 Å². The minimum absolute atomic E-state index is 0.124. The molecule has 8 nitrogen and oxygen atoms in total. The summed E-state index contributed by atoms with van der Waals surface area (Å²) in [6.45, 7) is 20.5. The summed E-state index contributed by atoms with van der Waals surface area (Å²) in [6.07, 6.45) is 3.20. The van der Waals surface area contributed by atoms with Crippen molar-refractivity contribution in [2.24, 2.45) is 0 Å². The largest absolute Gasteiger partial charge is 0.354 e. The molecule has 2 aromatic carbocycles. The van der Waals surface area contributed by atoms with Crippen molar-refractivity contribution in [1.82, 2.24) is 19.9 Å². The highest BCUT2D eigenvalue weighted by molar-refractivity contribution is 6.07. The van der Waals surface area contributed by atoms with E-state index in [0.717, 1.165) is 126 Å². The molecule has 56 heavy (non-hydrogen) atoms. The predicted molar refractivity (Wildman–Crippen MR) is 234 cm³/mol. The summed E-state index contributed by atoms with van der Waals surface area (Å²) in [5.41, 5.74) is 21.9. The number of aryl methyl sites for hydroxylation is 4. The fourth-order valence-electron chi connectivity index (χ4n) is 8.84. The minimum Gasteiger partial charge on any atom is -0.354 e. The maximum Gasteiger partial charge on any atom is 0.221 e. The summed E-state index contributed by atoms with van der Waals surface area (Å²) >= 11 is 0. The fraction of sp³-hybridized carbons (Fsp3) is 0.292. The average molecular weight is 745 g/mol. The molecule has 2 aliphatic heterocycles. The lowest BCUT2D eigenvalue weighted by atomic mass is 9.92. The van der Waals surface area contributed by atoms with E-state index in [9.17, 15) is 9.59 Å². The third kappa shape index (κ3) is 6.47. The number of nitrogens with zero attached hydrogens (tertiary/aromatic N) is 2. The molecular weight excluding hydrogens is 693 g/mol. The SMILES string of the molecule is CCC1=C(C)c2nc1cc1[nH]c(c(C)c1CC)c(-c1ccccc1NC(C)=O)c1[nH]c(cc3nc(c2-c2ccccc2NC(C)=O)C(C)=C3CC)c(CC)c1C. The van der Waals surface area contributed by atoms with Crippen molar-refractivity contribution in [3.8, 4) is 22.3 Å². The maximum absolute atomic E-state index is 12.6. The van der Waals surface area contributed by atoms with Gasteiger partial charge in [-0.1, -0.05) is 64.1 Å². The summed E-state index contributed by atoms with van der Waals surface area (Å²) in [5.74, 6) is -0.260. The standard InChI is InChI=1S/C48H52N6O2/c1-11-31-25(5)45-43(35-19-15-17-21-37(35)49-29(9)55)46-27(7)33(13-3)41(53-46)24-42-34(14-4)28(8)48(54-42)44(36-20-16-18-22-38(36)50-30(10)56)47-26(6)32(12-2)40(52-47)23-39(31)51-45/h15-24,51,53H,11-14H2,1-10H3,(H,49,55)(H,50,56). The van der Waals surface area contributed by atoms with Crippen LogP contribution in [0.3, 0.4) is 0 Å². The third-order valence-electron chi connectivity index (χ3n) is 11.5. The Morgan fingerprint density at radius 3 is 1.34 bits per heavy atom. The number of rotatable bonds is 8. The van der Waals surface area contributed by atoms with Gasteiger partial charge in [-0.15, -0.1) is 0 Å². The van der Waals surface area contributed by atoms with E-state index in [1.807, 2.05) is 36.4 Å². The van der Waals surface area contributed by atoms with E-state index in [4.69, 9.17) is 9.97 Å². The Balaban J connectivity index is 1.77. The number of hydrogen-bond donors (Lipinski definition) is 4. The summed E-state index contributed by atoms with van der Waals surface area (Å²) < 4.78 is 0. The fourth-order valence-corrected chi connectivity index (χ4v) is 8.84. The number of nitrogens with one attached hydrogen (secondary N) is 4. The number of allylic oxidation sites excluding steroid dienone is 4. The second kappa shape index (κ2) is 15.3. The van der Waals surface area contributed by atoms with E-state index in [2.05, 4.69) is 100 Å². The first-order valence-electron chi connectivity index (χ1n) is 19.9. The molecule has 286 valence electrons. The molecule has 8 bridgehead atoms. The Bertz CT molecular complexity index is 2560. The van der Waals surface area contributed by atoms with Crippen LogP contribution in [0.5, 0.6) is 0 Å². The van der Waals surface area contributed by atoms with Crippen molar-refractivity contribution in [2.75, 3.05) is 10.6 Å². The van der Waals surface area contributed by atoms with E-state index in [1.54, 1.807) is 13.8 Å². The number of H-pyrrole nitrogens is 2. The molecule has 8 heteroatoms. The zero-order valence-corrected chi connectivity index (χ0v) is 34.3.